The van der Waals surface area contributed by atoms with Gasteiger partial charge in [0.25, 0.3) is 0 Å². The number of aliphatic imine (C=N–C) groups is 2. The number of rotatable bonds is 6. The fourth-order valence-corrected chi connectivity index (χ4v) is 5.60. The molecular formula is C38H44CuN4O2. The van der Waals surface area contributed by atoms with Crippen molar-refractivity contribution in [2.45, 2.75) is 90.1 Å². The van der Waals surface area contributed by atoms with Crippen LogP contribution in [0.25, 0.3) is 22.5 Å². The van der Waals surface area contributed by atoms with Gasteiger partial charge in [0, 0.05) is 64.1 Å². The minimum absolute atomic E-state index is 0. The molecule has 2 aromatic heterocycles. The molecule has 1 radical (unpaired) electrons. The van der Waals surface area contributed by atoms with Crippen molar-refractivity contribution >= 4 is 12.4 Å². The second-order valence-corrected chi connectivity index (χ2v) is 13.8. The molecule has 0 spiro atoms. The van der Waals surface area contributed by atoms with E-state index in [0.29, 0.717) is 22.3 Å². The van der Waals surface area contributed by atoms with E-state index in [9.17, 15) is 10.2 Å². The molecule has 2 N–H and O–H groups in total. The van der Waals surface area contributed by atoms with Crippen LogP contribution in [0.4, 0.5) is 0 Å². The summed E-state index contributed by atoms with van der Waals surface area (Å²) < 4.78 is 0. The van der Waals surface area contributed by atoms with Crippen molar-refractivity contribution in [3.05, 3.63) is 95.3 Å². The Morgan fingerprint density at radius 2 is 1.04 bits per heavy atom. The molecule has 7 heteroatoms. The minimum Gasteiger partial charge on any atom is -0.507 e. The Balaban J connectivity index is 0.00000461. The Morgan fingerprint density at radius 1 is 0.644 bits per heavy atom. The van der Waals surface area contributed by atoms with Crippen LogP contribution in [0.1, 0.15) is 89.5 Å². The molecule has 6 nitrogen and oxygen atoms in total. The third-order valence-corrected chi connectivity index (χ3v) is 8.40. The van der Waals surface area contributed by atoms with E-state index >= 15 is 0 Å². The van der Waals surface area contributed by atoms with E-state index in [2.05, 4.69) is 51.5 Å². The molecule has 2 atom stereocenters. The van der Waals surface area contributed by atoms with Crippen molar-refractivity contribution in [3.63, 3.8) is 0 Å². The molecule has 4 aromatic rings. The van der Waals surface area contributed by atoms with Crippen LogP contribution in [0.5, 0.6) is 11.5 Å². The number of hydrogen-bond acceptors (Lipinski definition) is 6. The van der Waals surface area contributed by atoms with Crippen LogP contribution < -0.4 is 0 Å². The molecule has 239 valence electrons. The summed E-state index contributed by atoms with van der Waals surface area (Å²) in [5.74, 6) is 0.365. The standard InChI is InChI=1S/C38H44N4O2.Cu/c1-37(2,3)27-19-25(35(43)29(21-27)31-13-9-11-17-39-31)23-41-33-15-7-8-16-34(33)42-24-26-20-28(38(4,5)6)22-30(36(26)44)32-14-10-12-18-40-32;/h9-14,17-24,33-34,43-44H,7-8,15-16H2,1-6H3;. The Bertz CT molecular complexity index is 1530. The maximum absolute atomic E-state index is 11.3. The van der Waals surface area contributed by atoms with Gasteiger partial charge in [0.1, 0.15) is 11.5 Å². The summed E-state index contributed by atoms with van der Waals surface area (Å²) in [7, 11) is 0. The van der Waals surface area contributed by atoms with Gasteiger partial charge in [0.15, 0.2) is 0 Å². The van der Waals surface area contributed by atoms with Gasteiger partial charge in [-0.1, -0.05) is 66.5 Å². The van der Waals surface area contributed by atoms with Crippen LogP contribution in [0.2, 0.25) is 0 Å². The van der Waals surface area contributed by atoms with Crippen molar-refractivity contribution in [2.24, 2.45) is 9.98 Å². The van der Waals surface area contributed by atoms with Crippen molar-refractivity contribution < 1.29 is 27.3 Å². The van der Waals surface area contributed by atoms with E-state index in [4.69, 9.17) is 9.98 Å². The molecule has 1 fully saturated rings. The van der Waals surface area contributed by atoms with E-state index in [0.717, 1.165) is 48.2 Å². The van der Waals surface area contributed by atoms with Crippen molar-refractivity contribution in [3.8, 4) is 34.0 Å². The third-order valence-electron chi connectivity index (χ3n) is 8.40. The summed E-state index contributed by atoms with van der Waals surface area (Å²) in [6.45, 7) is 13.0. The average Bonchev–Trinajstić information content (AvgIpc) is 3.00. The summed E-state index contributed by atoms with van der Waals surface area (Å²) in [6, 6.07) is 19.5. The first kappa shape index (κ1) is 34.1. The predicted molar refractivity (Wildman–Crippen MR) is 181 cm³/mol. The molecule has 0 amide bonds. The van der Waals surface area contributed by atoms with Crippen LogP contribution >= 0.6 is 0 Å². The Labute approximate surface area is 278 Å². The number of aromatic nitrogens is 2. The first-order valence-electron chi connectivity index (χ1n) is 15.6. The Kier molecular flexibility index (Phi) is 10.7. The molecule has 2 heterocycles. The molecule has 0 saturated heterocycles. The van der Waals surface area contributed by atoms with Gasteiger partial charge >= 0.3 is 0 Å². The average molecular weight is 652 g/mol. The molecule has 0 bridgehead atoms. The van der Waals surface area contributed by atoms with Gasteiger partial charge in [-0.15, -0.1) is 0 Å². The zero-order valence-corrected chi connectivity index (χ0v) is 28.0. The number of hydrogen-bond donors (Lipinski definition) is 2. The van der Waals surface area contributed by atoms with Crippen LogP contribution in [0, 0.1) is 0 Å². The van der Waals surface area contributed by atoms with E-state index in [1.54, 1.807) is 12.4 Å². The number of pyridine rings is 2. The number of nitrogens with zero attached hydrogens (tertiary/aromatic N) is 4. The van der Waals surface area contributed by atoms with E-state index in [-0.39, 0.29) is 51.5 Å². The predicted octanol–water partition coefficient (Wildman–Crippen LogP) is 8.66. The largest absolute Gasteiger partial charge is 0.507 e. The molecular weight excluding hydrogens is 608 g/mol. The molecule has 1 aliphatic rings. The second-order valence-electron chi connectivity index (χ2n) is 13.8. The summed E-state index contributed by atoms with van der Waals surface area (Å²) in [6.07, 6.45) is 11.1. The molecule has 2 unspecified atom stereocenters. The first-order chi connectivity index (χ1) is 20.9. The number of phenols is 2. The van der Waals surface area contributed by atoms with Crippen LogP contribution in [0.15, 0.2) is 83.0 Å². The minimum atomic E-state index is -0.116. The zero-order chi connectivity index (χ0) is 31.5. The molecule has 1 saturated carbocycles. The van der Waals surface area contributed by atoms with Gasteiger partial charge in [0.05, 0.1) is 23.5 Å². The Morgan fingerprint density at radius 3 is 1.38 bits per heavy atom. The Hall–Kier alpha value is -3.80. The fourth-order valence-electron chi connectivity index (χ4n) is 5.60. The number of aromatic hydroxyl groups is 2. The normalized spacial score (nSPS) is 17.5. The van der Waals surface area contributed by atoms with Gasteiger partial charge in [-0.2, -0.15) is 0 Å². The van der Waals surface area contributed by atoms with Crippen LogP contribution in [-0.2, 0) is 27.9 Å². The van der Waals surface area contributed by atoms with Crippen LogP contribution in [0.3, 0.4) is 0 Å². The number of phenolic OH excluding ortho intramolecular Hbond substituents is 2. The molecule has 2 aromatic carbocycles. The third kappa shape index (κ3) is 8.08. The van der Waals surface area contributed by atoms with E-state index in [1.165, 1.54) is 0 Å². The van der Waals surface area contributed by atoms with Crippen molar-refractivity contribution in [1.29, 1.82) is 0 Å². The summed E-state index contributed by atoms with van der Waals surface area (Å²) in [5.41, 5.74) is 6.21. The van der Waals surface area contributed by atoms with Crippen molar-refractivity contribution in [1.82, 2.24) is 9.97 Å². The van der Waals surface area contributed by atoms with E-state index in [1.807, 2.05) is 73.1 Å². The molecule has 45 heavy (non-hydrogen) atoms. The van der Waals surface area contributed by atoms with Crippen molar-refractivity contribution in [2.75, 3.05) is 0 Å². The molecule has 0 aliphatic heterocycles. The zero-order valence-electron chi connectivity index (χ0n) is 27.1. The first-order valence-corrected chi connectivity index (χ1v) is 15.6. The molecule has 5 rings (SSSR count). The maximum atomic E-state index is 11.3. The summed E-state index contributed by atoms with van der Waals surface area (Å²) in [5, 5.41) is 22.7. The van der Waals surface area contributed by atoms with E-state index < -0.39 is 0 Å². The summed E-state index contributed by atoms with van der Waals surface area (Å²) >= 11 is 0. The smallest absolute Gasteiger partial charge is 0.133 e. The van der Waals surface area contributed by atoms with Gasteiger partial charge in [-0.25, -0.2) is 0 Å². The van der Waals surface area contributed by atoms with Gasteiger partial charge in [-0.3, -0.25) is 20.0 Å². The monoisotopic (exact) mass is 651 g/mol. The second kappa shape index (κ2) is 14.1. The van der Waals surface area contributed by atoms with Gasteiger partial charge in [-0.05, 0) is 83.3 Å². The number of benzene rings is 2. The quantitative estimate of drug-likeness (QED) is 0.161. The van der Waals surface area contributed by atoms with Crippen LogP contribution in [-0.4, -0.2) is 44.7 Å². The topological polar surface area (TPSA) is 91.0 Å². The summed E-state index contributed by atoms with van der Waals surface area (Å²) in [4.78, 5) is 19.0. The maximum Gasteiger partial charge on any atom is 0.133 e. The SMILES string of the molecule is CC(C)(C)c1cc(C=NC2CCCCC2N=Cc2cc(C(C)(C)C)cc(-c3ccccn3)c2O)c(O)c(-c2ccccn2)c1.[Cu]. The molecule has 1 aliphatic carbocycles. The van der Waals surface area contributed by atoms with Gasteiger partial charge in [0.2, 0.25) is 0 Å². The van der Waals surface area contributed by atoms with Gasteiger partial charge < -0.3 is 10.2 Å². The fraction of sp³-hybridized carbons (Fsp3) is 0.368.